The maximum absolute atomic E-state index is 12.6. The Kier molecular flexibility index (Phi) is 6.37. The number of amides is 2. The molecule has 140 valence electrons. The SMILES string of the molecule is CCN(C(=O)CCN(C(C)=O)c1ccccc1C#N)C1CCS(=O)(=O)C1. The Morgan fingerprint density at radius 1 is 1.31 bits per heavy atom. The summed E-state index contributed by atoms with van der Waals surface area (Å²) in [7, 11) is -3.08. The molecule has 0 N–H and O–H groups in total. The highest BCUT2D eigenvalue weighted by molar-refractivity contribution is 7.91. The molecule has 0 aliphatic carbocycles. The van der Waals surface area contributed by atoms with Crippen molar-refractivity contribution in [1.82, 2.24) is 4.90 Å². The van der Waals surface area contributed by atoms with E-state index in [-0.39, 0.29) is 42.3 Å². The number of hydrogen-bond acceptors (Lipinski definition) is 5. The zero-order valence-electron chi connectivity index (χ0n) is 15.0. The van der Waals surface area contributed by atoms with Gasteiger partial charge in [-0.2, -0.15) is 5.26 Å². The summed E-state index contributed by atoms with van der Waals surface area (Å²) in [5.74, 6) is -0.334. The smallest absolute Gasteiger partial charge is 0.224 e. The van der Waals surface area contributed by atoms with Gasteiger partial charge in [0.15, 0.2) is 9.84 Å². The van der Waals surface area contributed by atoms with Crippen LogP contribution in [0.1, 0.15) is 32.3 Å². The second-order valence-corrected chi connectivity index (χ2v) is 8.51. The van der Waals surface area contributed by atoms with Crippen LogP contribution in [0.4, 0.5) is 5.69 Å². The fourth-order valence-corrected chi connectivity index (χ4v) is 4.99. The first-order chi connectivity index (χ1) is 12.3. The summed E-state index contributed by atoms with van der Waals surface area (Å²) in [5.41, 5.74) is 0.839. The number of nitriles is 1. The lowest BCUT2D eigenvalue weighted by Gasteiger charge is -2.28. The highest BCUT2D eigenvalue weighted by atomic mass is 32.2. The van der Waals surface area contributed by atoms with Gasteiger partial charge in [-0.3, -0.25) is 9.59 Å². The van der Waals surface area contributed by atoms with Crippen LogP contribution in [0.2, 0.25) is 0 Å². The molecule has 1 aromatic rings. The van der Waals surface area contributed by atoms with Gasteiger partial charge in [-0.1, -0.05) is 12.1 Å². The minimum Gasteiger partial charge on any atom is -0.339 e. The van der Waals surface area contributed by atoms with Crippen LogP contribution in [0.3, 0.4) is 0 Å². The lowest BCUT2D eigenvalue weighted by atomic mass is 10.1. The van der Waals surface area contributed by atoms with E-state index in [1.807, 2.05) is 6.92 Å². The highest BCUT2D eigenvalue weighted by Crippen LogP contribution is 2.22. The van der Waals surface area contributed by atoms with Crippen molar-refractivity contribution < 1.29 is 18.0 Å². The van der Waals surface area contributed by atoms with Crippen LogP contribution in [-0.2, 0) is 19.4 Å². The van der Waals surface area contributed by atoms with Crippen molar-refractivity contribution in [3.8, 4) is 6.07 Å². The highest BCUT2D eigenvalue weighted by Gasteiger charge is 2.33. The number of carbonyl (C=O) groups excluding carboxylic acids is 2. The summed E-state index contributed by atoms with van der Waals surface area (Å²) in [6, 6.07) is 8.49. The Labute approximate surface area is 154 Å². The monoisotopic (exact) mass is 377 g/mol. The number of para-hydroxylation sites is 1. The zero-order valence-corrected chi connectivity index (χ0v) is 15.8. The molecule has 0 radical (unpaired) electrons. The summed E-state index contributed by atoms with van der Waals surface area (Å²) in [4.78, 5) is 27.6. The third-order valence-corrected chi connectivity index (χ3v) is 6.31. The van der Waals surface area contributed by atoms with Crippen molar-refractivity contribution in [1.29, 1.82) is 5.26 Å². The fourth-order valence-electron chi connectivity index (χ4n) is 3.26. The van der Waals surface area contributed by atoms with E-state index in [1.54, 1.807) is 29.2 Å². The molecule has 0 spiro atoms. The molecule has 0 saturated carbocycles. The zero-order chi connectivity index (χ0) is 19.3. The molecule has 26 heavy (non-hydrogen) atoms. The largest absolute Gasteiger partial charge is 0.339 e. The maximum Gasteiger partial charge on any atom is 0.224 e. The van der Waals surface area contributed by atoms with E-state index in [1.165, 1.54) is 11.8 Å². The molecule has 2 rings (SSSR count). The van der Waals surface area contributed by atoms with Gasteiger partial charge in [-0.25, -0.2) is 8.42 Å². The summed E-state index contributed by atoms with van der Waals surface area (Å²) < 4.78 is 23.3. The molecule has 7 nitrogen and oxygen atoms in total. The average molecular weight is 377 g/mol. The lowest BCUT2D eigenvalue weighted by Crippen LogP contribution is -2.43. The molecule has 0 bridgehead atoms. The summed E-state index contributed by atoms with van der Waals surface area (Å²) >= 11 is 0. The van der Waals surface area contributed by atoms with E-state index in [2.05, 4.69) is 6.07 Å². The maximum atomic E-state index is 12.6. The standard InChI is InChI=1S/C18H23N3O4S/c1-3-20(16-9-11-26(24,25)13-16)18(23)8-10-21(14(2)22)17-7-5-4-6-15(17)12-19/h4-7,16H,3,8-11,13H2,1-2H3. The van der Waals surface area contributed by atoms with Crippen LogP contribution in [0, 0.1) is 11.3 Å². The first-order valence-corrected chi connectivity index (χ1v) is 10.4. The summed E-state index contributed by atoms with van der Waals surface area (Å²) in [5, 5.41) is 9.23. The predicted octanol–water partition coefficient (Wildman–Crippen LogP) is 1.34. The van der Waals surface area contributed by atoms with Crippen molar-refractivity contribution in [2.45, 2.75) is 32.7 Å². The van der Waals surface area contributed by atoms with Gasteiger partial charge in [0.1, 0.15) is 6.07 Å². The van der Waals surface area contributed by atoms with E-state index in [4.69, 9.17) is 0 Å². The number of rotatable bonds is 6. The number of benzene rings is 1. The molecule has 1 heterocycles. The van der Waals surface area contributed by atoms with Crippen LogP contribution in [-0.4, -0.2) is 55.8 Å². The minimum atomic E-state index is -3.08. The quantitative estimate of drug-likeness (QED) is 0.745. The van der Waals surface area contributed by atoms with Crippen LogP contribution in [0.5, 0.6) is 0 Å². The van der Waals surface area contributed by atoms with E-state index in [0.717, 1.165) is 0 Å². The predicted molar refractivity (Wildman–Crippen MR) is 98.2 cm³/mol. The third-order valence-electron chi connectivity index (χ3n) is 4.55. The minimum absolute atomic E-state index is 0.000266. The van der Waals surface area contributed by atoms with Crippen LogP contribution in [0.15, 0.2) is 24.3 Å². The van der Waals surface area contributed by atoms with Crippen molar-refractivity contribution >= 4 is 27.3 Å². The topological polar surface area (TPSA) is 98.5 Å². The molecule has 2 amide bonds. The Balaban J connectivity index is 2.10. The Bertz CT molecular complexity index is 829. The normalized spacial score (nSPS) is 18.1. The second kappa shape index (κ2) is 8.32. The number of sulfone groups is 1. The number of nitrogens with zero attached hydrogens (tertiary/aromatic N) is 3. The van der Waals surface area contributed by atoms with Gasteiger partial charge in [-0.15, -0.1) is 0 Å². The number of carbonyl (C=O) groups is 2. The lowest BCUT2D eigenvalue weighted by molar-refractivity contribution is -0.132. The van der Waals surface area contributed by atoms with Crippen molar-refractivity contribution in [2.24, 2.45) is 0 Å². The average Bonchev–Trinajstić information content (AvgIpc) is 2.95. The second-order valence-electron chi connectivity index (χ2n) is 6.29. The molecular weight excluding hydrogens is 354 g/mol. The van der Waals surface area contributed by atoms with Gasteiger partial charge in [0.05, 0.1) is 22.8 Å². The molecule has 0 aromatic heterocycles. The van der Waals surface area contributed by atoms with Crippen LogP contribution in [0.25, 0.3) is 0 Å². The van der Waals surface area contributed by atoms with Gasteiger partial charge in [-0.05, 0) is 25.5 Å². The molecule has 1 atom stereocenters. The fraction of sp³-hybridized carbons (Fsp3) is 0.500. The Hall–Kier alpha value is -2.40. The molecule has 1 aromatic carbocycles. The van der Waals surface area contributed by atoms with Gasteiger partial charge < -0.3 is 9.80 Å². The molecule has 1 unspecified atom stereocenters. The third kappa shape index (κ3) is 4.61. The molecule has 1 fully saturated rings. The first-order valence-electron chi connectivity index (χ1n) is 8.56. The van der Waals surface area contributed by atoms with E-state index < -0.39 is 9.84 Å². The van der Waals surface area contributed by atoms with E-state index >= 15 is 0 Å². The van der Waals surface area contributed by atoms with Crippen LogP contribution >= 0.6 is 0 Å². The van der Waals surface area contributed by atoms with Gasteiger partial charge in [0.25, 0.3) is 0 Å². The molecule has 1 saturated heterocycles. The van der Waals surface area contributed by atoms with Gasteiger partial charge in [0, 0.05) is 32.5 Å². The summed E-state index contributed by atoms with van der Waals surface area (Å²) in [6.07, 6.45) is 0.527. The first kappa shape index (κ1) is 19.9. The van der Waals surface area contributed by atoms with Gasteiger partial charge in [0.2, 0.25) is 11.8 Å². The van der Waals surface area contributed by atoms with E-state index in [0.29, 0.717) is 24.2 Å². The Morgan fingerprint density at radius 3 is 2.54 bits per heavy atom. The van der Waals surface area contributed by atoms with Crippen LogP contribution < -0.4 is 4.90 Å². The number of hydrogen-bond donors (Lipinski definition) is 0. The Morgan fingerprint density at radius 2 is 2.00 bits per heavy atom. The van der Waals surface area contributed by atoms with Crippen molar-refractivity contribution in [3.05, 3.63) is 29.8 Å². The number of anilines is 1. The molecule has 1 aliphatic rings. The molecule has 8 heteroatoms. The molecule has 1 aliphatic heterocycles. The van der Waals surface area contributed by atoms with Crippen molar-refractivity contribution in [2.75, 3.05) is 29.5 Å². The van der Waals surface area contributed by atoms with E-state index in [9.17, 15) is 23.3 Å². The van der Waals surface area contributed by atoms with Gasteiger partial charge >= 0.3 is 0 Å². The van der Waals surface area contributed by atoms with Crippen molar-refractivity contribution in [3.63, 3.8) is 0 Å². The molecular formula is C18H23N3O4S. The summed E-state index contributed by atoms with van der Waals surface area (Å²) in [6.45, 7) is 3.77.